The summed E-state index contributed by atoms with van der Waals surface area (Å²) in [5, 5.41) is 12.3. The van der Waals surface area contributed by atoms with E-state index in [-0.39, 0.29) is 0 Å². The minimum Gasteiger partial charge on any atom is -0.478 e. The molecule has 1 atom stereocenters. The summed E-state index contributed by atoms with van der Waals surface area (Å²) in [5.41, 5.74) is 1.17. The van der Waals surface area contributed by atoms with Crippen LogP contribution in [0.2, 0.25) is 0 Å². The topological polar surface area (TPSA) is 49.3 Å². The van der Waals surface area contributed by atoms with Gasteiger partial charge in [-0.05, 0) is 25.0 Å². The maximum Gasteiger partial charge on any atom is 0.336 e. The van der Waals surface area contributed by atoms with Gasteiger partial charge in [-0.1, -0.05) is 24.3 Å². The number of hydrogen-bond donors (Lipinski definition) is 2. The predicted molar refractivity (Wildman–Crippen MR) is 64.5 cm³/mol. The quantitative estimate of drug-likeness (QED) is 0.722. The molecule has 0 bridgehead atoms. The van der Waals surface area contributed by atoms with Gasteiger partial charge in [0.1, 0.15) is 0 Å². The van der Waals surface area contributed by atoms with Crippen LogP contribution in [0.3, 0.4) is 0 Å². The molecule has 1 aromatic rings. The monoisotopic (exact) mass is 219 g/mol. The summed E-state index contributed by atoms with van der Waals surface area (Å²) in [6, 6.07) is 7.34. The number of carbonyl (C=O) groups is 1. The Morgan fingerprint density at radius 2 is 2.25 bits per heavy atom. The smallest absolute Gasteiger partial charge is 0.336 e. The third-order valence-corrected chi connectivity index (χ3v) is 2.41. The number of rotatable bonds is 6. The highest BCUT2D eigenvalue weighted by Gasteiger charge is 2.09. The lowest BCUT2D eigenvalue weighted by Gasteiger charge is -2.12. The second-order valence-electron chi connectivity index (χ2n) is 3.77. The van der Waals surface area contributed by atoms with Crippen molar-refractivity contribution in [3.63, 3.8) is 0 Å². The van der Waals surface area contributed by atoms with E-state index >= 15 is 0 Å². The Labute approximate surface area is 95.8 Å². The van der Waals surface area contributed by atoms with Crippen LogP contribution in [0.15, 0.2) is 36.9 Å². The lowest BCUT2D eigenvalue weighted by Crippen LogP contribution is -2.25. The summed E-state index contributed by atoms with van der Waals surface area (Å²) in [4.78, 5) is 10.9. The van der Waals surface area contributed by atoms with Gasteiger partial charge in [-0.3, -0.25) is 0 Å². The lowest BCUT2D eigenvalue weighted by atomic mass is 10.1. The van der Waals surface area contributed by atoms with Gasteiger partial charge in [0.15, 0.2) is 0 Å². The molecule has 3 heteroatoms. The average molecular weight is 219 g/mol. The maximum atomic E-state index is 10.9. The van der Waals surface area contributed by atoms with Crippen molar-refractivity contribution in [3.05, 3.63) is 48.0 Å². The normalized spacial score (nSPS) is 12.1. The van der Waals surface area contributed by atoms with Crippen LogP contribution in [-0.2, 0) is 6.54 Å². The van der Waals surface area contributed by atoms with E-state index in [0.717, 1.165) is 12.0 Å². The van der Waals surface area contributed by atoms with Crippen LogP contribution in [0.4, 0.5) is 0 Å². The molecule has 1 rings (SSSR count). The van der Waals surface area contributed by atoms with Crippen LogP contribution < -0.4 is 5.32 Å². The zero-order valence-electron chi connectivity index (χ0n) is 9.44. The third-order valence-electron chi connectivity index (χ3n) is 2.41. The number of nitrogens with one attached hydrogen (secondary N) is 1. The highest BCUT2D eigenvalue weighted by molar-refractivity contribution is 5.89. The van der Waals surface area contributed by atoms with Crippen molar-refractivity contribution >= 4 is 5.97 Å². The third kappa shape index (κ3) is 3.51. The van der Waals surface area contributed by atoms with Gasteiger partial charge in [0.25, 0.3) is 0 Å². The molecular formula is C13H17NO2. The van der Waals surface area contributed by atoms with Gasteiger partial charge in [0.2, 0.25) is 0 Å². The standard InChI is InChI=1S/C13H17NO2/c1-3-6-10(2)14-9-11-7-4-5-8-12(11)13(15)16/h3-5,7-8,10,14H,1,6,9H2,2H3,(H,15,16). The second kappa shape index (κ2) is 6.08. The van der Waals surface area contributed by atoms with Gasteiger partial charge in [0, 0.05) is 12.6 Å². The zero-order chi connectivity index (χ0) is 12.0. The van der Waals surface area contributed by atoms with Gasteiger partial charge in [-0.25, -0.2) is 4.79 Å². The molecule has 0 radical (unpaired) electrons. The van der Waals surface area contributed by atoms with Crippen LogP contribution in [0, 0.1) is 0 Å². The average Bonchev–Trinajstić information content (AvgIpc) is 2.27. The molecule has 0 saturated heterocycles. The molecule has 0 amide bonds. The first kappa shape index (κ1) is 12.5. The molecule has 0 heterocycles. The van der Waals surface area contributed by atoms with Gasteiger partial charge in [-0.15, -0.1) is 6.58 Å². The molecule has 0 aliphatic rings. The Balaban J connectivity index is 2.66. The van der Waals surface area contributed by atoms with Crippen LogP contribution in [0.5, 0.6) is 0 Å². The van der Waals surface area contributed by atoms with Crippen molar-refractivity contribution in [2.24, 2.45) is 0 Å². The number of carboxylic acids is 1. The highest BCUT2D eigenvalue weighted by atomic mass is 16.4. The summed E-state index contributed by atoms with van der Waals surface area (Å²) >= 11 is 0. The summed E-state index contributed by atoms with van der Waals surface area (Å²) in [5.74, 6) is -0.881. The minimum atomic E-state index is -0.881. The summed E-state index contributed by atoms with van der Waals surface area (Å²) in [7, 11) is 0. The van der Waals surface area contributed by atoms with Crippen molar-refractivity contribution in [1.29, 1.82) is 0 Å². The van der Waals surface area contributed by atoms with Crippen molar-refractivity contribution in [2.45, 2.75) is 25.9 Å². The van der Waals surface area contributed by atoms with Crippen molar-refractivity contribution in [2.75, 3.05) is 0 Å². The fourth-order valence-corrected chi connectivity index (χ4v) is 1.50. The Morgan fingerprint density at radius 1 is 1.56 bits per heavy atom. The van der Waals surface area contributed by atoms with Crippen LogP contribution >= 0.6 is 0 Å². The molecule has 16 heavy (non-hydrogen) atoms. The number of aromatic carboxylic acids is 1. The molecule has 1 unspecified atom stereocenters. The molecule has 0 fully saturated rings. The first-order valence-corrected chi connectivity index (χ1v) is 5.30. The molecule has 1 aromatic carbocycles. The van der Waals surface area contributed by atoms with E-state index in [1.54, 1.807) is 12.1 Å². The largest absolute Gasteiger partial charge is 0.478 e. The summed E-state index contributed by atoms with van der Waals surface area (Å²) in [6.45, 7) is 6.28. The van der Waals surface area contributed by atoms with E-state index in [2.05, 4.69) is 11.9 Å². The van der Waals surface area contributed by atoms with Gasteiger partial charge in [0.05, 0.1) is 5.56 Å². The van der Waals surface area contributed by atoms with Crippen molar-refractivity contribution in [3.8, 4) is 0 Å². The minimum absolute atomic E-state index is 0.305. The molecule has 86 valence electrons. The first-order chi connectivity index (χ1) is 7.65. The molecule has 0 spiro atoms. The zero-order valence-corrected chi connectivity index (χ0v) is 9.44. The van der Waals surface area contributed by atoms with Gasteiger partial charge in [-0.2, -0.15) is 0 Å². The first-order valence-electron chi connectivity index (χ1n) is 5.30. The molecule has 3 nitrogen and oxygen atoms in total. The Kier molecular flexibility index (Phi) is 4.73. The number of carboxylic acid groups (broad SMARTS) is 1. The molecular weight excluding hydrogens is 202 g/mol. The van der Waals surface area contributed by atoms with Crippen molar-refractivity contribution in [1.82, 2.24) is 5.32 Å². The summed E-state index contributed by atoms with van der Waals surface area (Å²) in [6.07, 6.45) is 2.72. The van der Waals surface area contributed by atoms with E-state index in [1.165, 1.54) is 0 Å². The molecule has 0 aliphatic heterocycles. The molecule has 0 aliphatic carbocycles. The van der Waals surface area contributed by atoms with E-state index in [9.17, 15) is 4.79 Å². The van der Waals surface area contributed by atoms with E-state index in [4.69, 9.17) is 5.11 Å². The maximum absolute atomic E-state index is 10.9. The van der Waals surface area contributed by atoms with Gasteiger partial charge >= 0.3 is 5.97 Å². The lowest BCUT2D eigenvalue weighted by molar-refractivity contribution is 0.0695. The van der Waals surface area contributed by atoms with Crippen molar-refractivity contribution < 1.29 is 9.90 Å². The molecule has 0 aromatic heterocycles. The fourth-order valence-electron chi connectivity index (χ4n) is 1.50. The van der Waals surface area contributed by atoms with Crippen LogP contribution in [-0.4, -0.2) is 17.1 Å². The SMILES string of the molecule is C=CCC(C)NCc1ccccc1C(=O)O. The van der Waals surface area contributed by atoms with E-state index in [1.807, 2.05) is 25.1 Å². The van der Waals surface area contributed by atoms with Crippen LogP contribution in [0.1, 0.15) is 29.3 Å². The number of benzene rings is 1. The predicted octanol–water partition coefficient (Wildman–Crippen LogP) is 2.44. The van der Waals surface area contributed by atoms with Crippen LogP contribution in [0.25, 0.3) is 0 Å². The molecule has 0 saturated carbocycles. The Bertz CT molecular complexity index is 374. The Hall–Kier alpha value is -1.61. The fraction of sp³-hybridized carbons (Fsp3) is 0.308. The number of hydrogen-bond acceptors (Lipinski definition) is 2. The summed E-state index contributed by atoms with van der Waals surface area (Å²) < 4.78 is 0. The molecule has 2 N–H and O–H groups in total. The highest BCUT2D eigenvalue weighted by Crippen LogP contribution is 2.09. The van der Waals surface area contributed by atoms with E-state index < -0.39 is 5.97 Å². The van der Waals surface area contributed by atoms with Gasteiger partial charge < -0.3 is 10.4 Å². The second-order valence-corrected chi connectivity index (χ2v) is 3.77. The van der Waals surface area contributed by atoms with E-state index in [0.29, 0.717) is 18.2 Å². The Morgan fingerprint density at radius 3 is 2.88 bits per heavy atom.